The molecule has 1 aromatic heterocycles. The summed E-state index contributed by atoms with van der Waals surface area (Å²) >= 11 is 6.10. The summed E-state index contributed by atoms with van der Waals surface area (Å²) in [6.45, 7) is 1.79. The van der Waals surface area contributed by atoms with E-state index in [4.69, 9.17) is 11.6 Å². The molecule has 4 rings (SSSR count). The van der Waals surface area contributed by atoms with Gasteiger partial charge < -0.3 is 15.1 Å². The minimum Gasteiger partial charge on any atom is -0.334 e. The van der Waals surface area contributed by atoms with Crippen LogP contribution in [0.2, 0.25) is 5.02 Å². The normalized spacial score (nSPS) is 13.9. The van der Waals surface area contributed by atoms with Gasteiger partial charge in [-0.2, -0.15) is 5.10 Å². The highest BCUT2D eigenvalue weighted by Crippen LogP contribution is 2.22. The van der Waals surface area contributed by atoms with Crippen LogP contribution in [-0.2, 0) is 7.05 Å². The van der Waals surface area contributed by atoms with Gasteiger partial charge in [0, 0.05) is 33.2 Å². The number of amides is 3. The fourth-order valence-corrected chi connectivity index (χ4v) is 3.67. The molecule has 0 unspecified atom stereocenters. The molecule has 0 spiro atoms. The van der Waals surface area contributed by atoms with E-state index in [1.807, 2.05) is 55.6 Å². The van der Waals surface area contributed by atoms with Crippen LogP contribution in [0.15, 0.2) is 60.7 Å². The third-order valence-corrected chi connectivity index (χ3v) is 5.47. The number of aryl methyl sites for hydroxylation is 1. The molecule has 1 N–H and O–H groups in total. The molecule has 2 aromatic carbocycles. The van der Waals surface area contributed by atoms with Crippen molar-refractivity contribution in [3.63, 3.8) is 0 Å². The SMILES string of the molecule is Cn1nc(C(=O)N2CCN(C(=O)Nc3ccccc3Cl)CC2)cc1-c1ccccc1. The van der Waals surface area contributed by atoms with Crippen molar-refractivity contribution in [2.24, 2.45) is 7.05 Å². The zero-order valence-corrected chi connectivity index (χ0v) is 17.3. The first-order chi connectivity index (χ1) is 14.5. The van der Waals surface area contributed by atoms with Gasteiger partial charge in [-0.3, -0.25) is 9.48 Å². The summed E-state index contributed by atoms with van der Waals surface area (Å²) in [4.78, 5) is 28.8. The summed E-state index contributed by atoms with van der Waals surface area (Å²) in [5.41, 5.74) is 2.87. The second kappa shape index (κ2) is 8.59. The number of urea groups is 1. The average Bonchev–Trinajstić information content (AvgIpc) is 3.17. The Morgan fingerprint density at radius 3 is 2.27 bits per heavy atom. The zero-order chi connectivity index (χ0) is 21.1. The van der Waals surface area contributed by atoms with Crippen LogP contribution in [0.5, 0.6) is 0 Å². The second-order valence-corrected chi connectivity index (χ2v) is 7.50. The van der Waals surface area contributed by atoms with Crippen LogP contribution < -0.4 is 5.32 Å². The van der Waals surface area contributed by atoms with Crippen LogP contribution in [0.1, 0.15) is 10.5 Å². The summed E-state index contributed by atoms with van der Waals surface area (Å²) in [6.07, 6.45) is 0. The van der Waals surface area contributed by atoms with E-state index in [2.05, 4.69) is 10.4 Å². The number of carbonyl (C=O) groups excluding carboxylic acids is 2. The molecule has 0 atom stereocenters. The van der Waals surface area contributed by atoms with Crippen LogP contribution in [0.25, 0.3) is 11.3 Å². The number of piperazine rings is 1. The minimum atomic E-state index is -0.223. The summed E-state index contributed by atoms with van der Waals surface area (Å²) in [6, 6.07) is 18.5. The van der Waals surface area contributed by atoms with Crippen LogP contribution in [0, 0.1) is 0 Å². The van der Waals surface area contributed by atoms with E-state index in [9.17, 15) is 9.59 Å². The van der Waals surface area contributed by atoms with Crippen molar-refractivity contribution in [2.75, 3.05) is 31.5 Å². The van der Waals surface area contributed by atoms with Gasteiger partial charge in [0.2, 0.25) is 0 Å². The topological polar surface area (TPSA) is 70.5 Å². The number of anilines is 1. The minimum absolute atomic E-state index is 0.126. The van der Waals surface area contributed by atoms with Crippen LogP contribution >= 0.6 is 11.6 Å². The number of nitrogens with zero attached hydrogens (tertiary/aromatic N) is 4. The molecule has 1 aliphatic rings. The Morgan fingerprint density at radius 2 is 1.57 bits per heavy atom. The van der Waals surface area contributed by atoms with Gasteiger partial charge in [0.25, 0.3) is 5.91 Å². The van der Waals surface area contributed by atoms with Gasteiger partial charge >= 0.3 is 6.03 Å². The monoisotopic (exact) mass is 423 g/mol. The number of hydrogen-bond acceptors (Lipinski definition) is 3. The zero-order valence-electron chi connectivity index (χ0n) is 16.6. The number of benzene rings is 2. The first-order valence-corrected chi connectivity index (χ1v) is 10.1. The molecule has 2 heterocycles. The molecule has 1 aliphatic heterocycles. The van der Waals surface area contributed by atoms with Crippen LogP contribution in [-0.4, -0.2) is 57.7 Å². The fourth-order valence-electron chi connectivity index (χ4n) is 3.48. The molecule has 3 aromatic rings. The Hall–Kier alpha value is -3.32. The lowest BCUT2D eigenvalue weighted by molar-refractivity contribution is 0.0665. The highest BCUT2D eigenvalue weighted by Gasteiger charge is 2.27. The third-order valence-electron chi connectivity index (χ3n) is 5.14. The average molecular weight is 424 g/mol. The van der Waals surface area contributed by atoms with Gasteiger partial charge in [-0.25, -0.2) is 4.79 Å². The number of aromatic nitrogens is 2. The molecule has 1 saturated heterocycles. The molecular weight excluding hydrogens is 402 g/mol. The Kier molecular flexibility index (Phi) is 5.72. The maximum Gasteiger partial charge on any atom is 0.322 e. The highest BCUT2D eigenvalue weighted by molar-refractivity contribution is 6.33. The van der Waals surface area contributed by atoms with Crippen molar-refractivity contribution < 1.29 is 9.59 Å². The largest absolute Gasteiger partial charge is 0.334 e. The molecule has 0 saturated carbocycles. The third kappa shape index (κ3) is 4.16. The van der Waals surface area contributed by atoms with Crippen molar-refractivity contribution in [3.8, 4) is 11.3 Å². The number of carbonyl (C=O) groups is 2. The van der Waals surface area contributed by atoms with Gasteiger partial charge in [-0.15, -0.1) is 0 Å². The van der Waals surface area contributed by atoms with Crippen LogP contribution in [0.4, 0.5) is 10.5 Å². The summed E-state index contributed by atoms with van der Waals surface area (Å²) < 4.78 is 1.72. The molecule has 154 valence electrons. The van der Waals surface area contributed by atoms with E-state index < -0.39 is 0 Å². The summed E-state index contributed by atoms with van der Waals surface area (Å²) in [5.74, 6) is -0.126. The molecule has 0 bridgehead atoms. The molecule has 0 radical (unpaired) electrons. The molecule has 30 heavy (non-hydrogen) atoms. The summed E-state index contributed by atoms with van der Waals surface area (Å²) in [7, 11) is 1.83. The van der Waals surface area contributed by atoms with Gasteiger partial charge in [0.1, 0.15) is 0 Å². The Morgan fingerprint density at radius 1 is 0.933 bits per heavy atom. The van der Waals surface area contributed by atoms with E-state index in [0.29, 0.717) is 42.6 Å². The van der Waals surface area contributed by atoms with Gasteiger partial charge in [-0.1, -0.05) is 54.1 Å². The van der Waals surface area contributed by atoms with Crippen molar-refractivity contribution in [1.82, 2.24) is 19.6 Å². The number of nitrogens with one attached hydrogen (secondary N) is 1. The number of para-hydroxylation sites is 1. The van der Waals surface area contributed by atoms with Crippen molar-refractivity contribution in [1.29, 1.82) is 0 Å². The fraction of sp³-hybridized carbons (Fsp3) is 0.227. The lowest BCUT2D eigenvalue weighted by atomic mass is 10.1. The highest BCUT2D eigenvalue weighted by atomic mass is 35.5. The Bertz CT molecular complexity index is 1060. The predicted molar refractivity (Wildman–Crippen MR) is 117 cm³/mol. The van der Waals surface area contributed by atoms with Crippen molar-refractivity contribution in [3.05, 3.63) is 71.4 Å². The van der Waals surface area contributed by atoms with Crippen LogP contribution in [0.3, 0.4) is 0 Å². The van der Waals surface area contributed by atoms with Gasteiger partial charge in [0.05, 0.1) is 16.4 Å². The maximum absolute atomic E-state index is 12.9. The Labute approximate surface area is 179 Å². The standard InChI is InChI=1S/C22H22ClN5O2/c1-26-20(16-7-3-2-4-8-16)15-19(25-26)21(29)27-11-13-28(14-12-27)22(30)24-18-10-6-5-9-17(18)23/h2-10,15H,11-14H2,1H3,(H,24,30). The van der Waals surface area contributed by atoms with Crippen molar-refractivity contribution >= 4 is 29.2 Å². The molecular formula is C22H22ClN5O2. The number of hydrogen-bond donors (Lipinski definition) is 1. The number of halogens is 1. The molecule has 8 heteroatoms. The van der Waals surface area contributed by atoms with Crippen molar-refractivity contribution in [2.45, 2.75) is 0 Å². The van der Waals surface area contributed by atoms with E-state index in [-0.39, 0.29) is 11.9 Å². The number of rotatable bonds is 3. The van der Waals surface area contributed by atoms with E-state index in [1.165, 1.54) is 0 Å². The first-order valence-electron chi connectivity index (χ1n) is 9.72. The maximum atomic E-state index is 12.9. The smallest absolute Gasteiger partial charge is 0.322 e. The quantitative estimate of drug-likeness (QED) is 0.697. The first kappa shape index (κ1) is 20.0. The molecule has 0 aliphatic carbocycles. The summed E-state index contributed by atoms with van der Waals surface area (Å²) in [5, 5.41) is 7.71. The lowest BCUT2D eigenvalue weighted by Crippen LogP contribution is -2.51. The second-order valence-electron chi connectivity index (χ2n) is 7.09. The molecule has 1 fully saturated rings. The lowest BCUT2D eigenvalue weighted by Gasteiger charge is -2.34. The molecule has 7 nitrogen and oxygen atoms in total. The van der Waals surface area contributed by atoms with Gasteiger partial charge in [-0.05, 0) is 23.8 Å². The molecule has 3 amide bonds. The van der Waals surface area contributed by atoms with E-state index >= 15 is 0 Å². The van der Waals surface area contributed by atoms with Gasteiger partial charge in [0.15, 0.2) is 5.69 Å². The van der Waals surface area contributed by atoms with E-state index in [0.717, 1.165) is 11.3 Å². The predicted octanol–water partition coefficient (Wildman–Crippen LogP) is 3.73. The van der Waals surface area contributed by atoms with E-state index in [1.54, 1.807) is 26.6 Å². The Balaban J connectivity index is 1.38.